The molecule has 1 aromatic heterocycles. The number of pyridine rings is 1. The van der Waals surface area contributed by atoms with E-state index in [0.717, 1.165) is 19.4 Å². The summed E-state index contributed by atoms with van der Waals surface area (Å²) in [6, 6.07) is 1.75. The van der Waals surface area contributed by atoms with Crippen molar-refractivity contribution >= 4 is 5.69 Å². The molecule has 18 heavy (non-hydrogen) atoms. The second-order valence-corrected chi connectivity index (χ2v) is 4.56. The molecule has 1 aromatic rings. The van der Waals surface area contributed by atoms with Gasteiger partial charge in [-0.1, -0.05) is 0 Å². The van der Waals surface area contributed by atoms with Gasteiger partial charge in [-0.2, -0.15) is 0 Å². The monoisotopic (exact) mass is 251 g/mol. The fourth-order valence-corrected chi connectivity index (χ4v) is 2.16. The van der Waals surface area contributed by atoms with E-state index in [1.807, 2.05) is 6.92 Å². The van der Waals surface area contributed by atoms with Crippen LogP contribution in [0.5, 0.6) is 5.75 Å². The summed E-state index contributed by atoms with van der Waals surface area (Å²) in [6.07, 6.45) is 3.73. The van der Waals surface area contributed by atoms with E-state index in [2.05, 4.69) is 10.3 Å². The largest absolute Gasteiger partial charge is 0.487 e. The van der Waals surface area contributed by atoms with Crippen molar-refractivity contribution in [2.75, 3.05) is 6.54 Å². The summed E-state index contributed by atoms with van der Waals surface area (Å²) in [7, 11) is 0. The van der Waals surface area contributed by atoms with E-state index in [9.17, 15) is 10.1 Å². The third-order valence-electron chi connectivity index (χ3n) is 3.22. The van der Waals surface area contributed by atoms with Gasteiger partial charge in [0.2, 0.25) is 0 Å². The molecule has 1 fully saturated rings. The Hall–Kier alpha value is -1.69. The number of nitrogens with one attached hydrogen (secondary N) is 1. The lowest BCUT2D eigenvalue weighted by Gasteiger charge is -2.20. The Kier molecular flexibility index (Phi) is 3.76. The molecule has 2 heterocycles. The minimum Gasteiger partial charge on any atom is -0.487 e. The molecule has 6 heteroatoms. The van der Waals surface area contributed by atoms with E-state index in [1.54, 1.807) is 6.92 Å². The second-order valence-electron chi connectivity index (χ2n) is 4.56. The highest BCUT2D eigenvalue weighted by molar-refractivity contribution is 5.40. The SMILES string of the molecule is Cc1ncc(OC(C)[C@H]2CCCN2)cc1[N+](=O)[O-]. The number of hydrogen-bond acceptors (Lipinski definition) is 5. The lowest BCUT2D eigenvalue weighted by atomic mass is 10.1. The van der Waals surface area contributed by atoms with Crippen LogP contribution in [0.25, 0.3) is 0 Å². The molecule has 2 rings (SSSR count). The van der Waals surface area contributed by atoms with E-state index in [1.165, 1.54) is 12.3 Å². The predicted molar refractivity (Wildman–Crippen MR) is 66.7 cm³/mol. The van der Waals surface area contributed by atoms with E-state index in [0.29, 0.717) is 17.5 Å². The van der Waals surface area contributed by atoms with E-state index >= 15 is 0 Å². The molecule has 1 unspecified atom stereocenters. The van der Waals surface area contributed by atoms with Crippen LogP contribution in [0.2, 0.25) is 0 Å². The first kappa shape index (κ1) is 12.8. The average molecular weight is 251 g/mol. The number of nitrogens with zero attached hydrogens (tertiary/aromatic N) is 2. The van der Waals surface area contributed by atoms with Gasteiger partial charge >= 0.3 is 0 Å². The van der Waals surface area contributed by atoms with Crippen LogP contribution in [0.3, 0.4) is 0 Å². The summed E-state index contributed by atoms with van der Waals surface area (Å²) >= 11 is 0. The van der Waals surface area contributed by atoms with Crippen molar-refractivity contribution in [3.8, 4) is 5.75 Å². The van der Waals surface area contributed by atoms with Gasteiger partial charge in [0.05, 0.1) is 17.2 Å². The minimum absolute atomic E-state index is 0.000851. The van der Waals surface area contributed by atoms with E-state index < -0.39 is 4.92 Å². The van der Waals surface area contributed by atoms with Gasteiger partial charge in [0.25, 0.3) is 5.69 Å². The summed E-state index contributed by atoms with van der Waals surface area (Å²) in [5, 5.41) is 14.2. The Balaban J connectivity index is 2.09. The summed E-state index contributed by atoms with van der Waals surface area (Å²) in [5.41, 5.74) is 0.401. The molecule has 6 nitrogen and oxygen atoms in total. The topological polar surface area (TPSA) is 77.3 Å². The van der Waals surface area contributed by atoms with Crippen molar-refractivity contribution in [1.82, 2.24) is 10.3 Å². The average Bonchev–Trinajstić information content (AvgIpc) is 2.85. The maximum absolute atomic E-state index is 10.8. The van der Waals surface area contributed by atoms with E-state index in [4.69, 9.17) is 4.74 Å². The Labute approximate surface area is 106 Å². The third-order valence-corrected chi connectivity index (χ3v) is 3.22. The third kappa shape index (κ3) is 2.76. The molecule has 0 bridgehead atoms. The number of aryl methyl sites for hydroxylation is 1. The molecule has 0 saturated carbocycles. The molecule has 2 atom stereocenters. The van der Waals surface area contributed by atoms with Gasteiger partial charge in [0, 0.05) is 6.04 Å². The van der Waals surface area contributed by atoms with Crippen molar-refractivity contribution in [2.24, 2.45) is 0 Å². The standard InChI is InChI=1S/C12H17N3O3/c1-8-12(15(16)17)6-10(7-14-8)18-9(2)11-4-3-5-13-11/h6-7,9,11,13H,3-5H2,1-2H3/t9?,11-/m1/s1. The fourth-order valence-electron chi connectivity index (χ4n) is 2.16. The zero-order chi connectivity index (χ0) is 13.1. The van der Waals surface area contributed by atoms with Crippen LogP contribution in [-0.2, 0) is 0 Å². The number of hydrogen-bond donors (Lipinski definition) is 1. The Morgan fingerprint density at radius 2 is 2.44 bits per heavy atom. The maximum atomic E-state index is 10.8. The molecule has 1 aliphatic rings. The van der Waals surface area contributed by atoms with Gasteiger partial charge < -0.3 is 10.1 Å². The van der Waals surface area contributed by atoms with Crippen molar-refractivity contribution < 1.29 is 9.66 Å². The van der Waals surface area contributed by atoms with Crippen LogP contribution in [0.15, 0.2) is 12.3 Å². The quantitative estimate of drug-likeness (QED) is 0.652. The molecule has 98 valence electrons. The Morgan fingerprint density at radius 3 is 3.06 bits per heavy atom. The first-order valence-corrected chi connectivity index (χ1v) is 6.09. The smallest absolute Gasteiger partial charge is 0.294 e. The van der Waals surface area contributed by atoms with Crippen molar-refractivity contribution in [1.29, 1.82) is 0 Å². The summed E-state index contributed by atoms with van der Waals surface area (Å²) in [5.74, 6) is 0.452. The zero-order valence-electron chi connectivity index (χ0n) is 10.5. The minimum atomic E-state index is -0.437. The highest BCUT2D eigenvalue weighted by atomic mass is 16.6. The van der Waals surface area contributed by atoms with Crippen LogP contribution in [-0.4, -0.2) is 28.6 Å². The molecule has 0 spiro atoms. The van der Waals surface area contributed by atoms with E-state index in [-0.39, 0.29) is 11.8 Å². The van der Waals surface area contributed by atoms with Crippen LogP contribution < -0.4 is 10.1 Å². The number of aromatic nitrogens is 1. The zero-order valence-corrected chi connectivity index (χ0v) is 10.5. The van der Waals surface area contributed by atoms with Gasteiger partial charge in [-0.25, -0.2) is 0 Å². The maximum Gasteiger partial charge on any atom is 0.294 e. The van der Waals surface area contributed by atoms with Gasteiger partial charge in [-0.15, -0.1) is 0 Å². The number of ether oxygens (including phenoxy) is 1. The molecule has 0 aliphatic carbocycles. The molecule has 1 aliphatic heterocycles. The lowest BCUT2D eigenvalue weighted by Crippen LogP contribution is -2.36. The highest BCUT2D eigenvalue weighted by Gasteiger charge is 2.23. The molecule has 1 N–H and O–H groups in total. The second kappa shape index (κ2) is 5.30. The van der Waals surface area contributed by atoms with Gasteiger partial charge in [0.1, 0.15) is 17.5 Å². The Bertz CT molecular complexity index is 444. The molecular weight excluding hydrogens is 234 g/mol. The van der Waals surface area contributed by atoms with Crippen LogP contribution in [0, 0.1) is 17.0 Å². The van der Waals surface area contributed by atoms with Gasteiger partial charge in [-0.3, -0.25) is 15.1 Å². The fraction of sp³-hybridized carbons (Fsp3) is 0.583. The molecule has 0 aromatic carbocycles. The van der Waals surface area contributed by atoms with Crippen LogP contribution in [0.1, 0.15) is 25.5 Å². The van der Waals surface area contributed by atoms with Crippen molar-refractivity contribution in [3.63, 3.8) is 0 Å². The van der Waals surface area contributed by atoms with Crippen LogP contribution in [0.4, 0.5) is 5.69 Å². The molecular formula is C12H17N3O3. The van der Waals surface area contributed by atoms with Gasteiger partial charge in [0.15, 0.2) is 0 Å². The molecule has 1 saturated heterocycles. The van der Waals surface area contributed by atoms with Crippen molar-refractivity contribution in [3.05, 3.63) is 28.1 Å². The molecule has 0 amide bonds. The number of rotatable bonds is 4. The predicted octanol–water partition coefficient (Wildman–Crippen LogP) is 1.82. The highest BCUT2D eigenvalue weighted by Crippen LogP contribution is 2.23. The molecule has 0 radical (unpaired) electrons. The summed E-state index contributed by atoms with van der Waals surface area (Å²) < 4.78 is 5.71. The first-order valence-electron chi connectivity index (χ1n) is 6.09. The lowest BCUT2D eigenvalue weighted by molar-refractivity contribution is -0.385. The normalized spacial score (nSPS) is 20.7. The number of nitro groups is 1. The Morgan fingerprint density at radius 1 is 1.67 bits per heavy atom. The summed E-state index contributed by atoms with van der Waals surface area (Å²) in [4.78, 5) is 14.4. The van der Waals surface area contributed by atoms with Crippen LogP contribution >= 0.6 is 0 Å². The van der Waals surface area contributed by atoms with Gasteiger partial charge in [-0.05, 0) is 33.2 Å². The first-order chi connectivity index (χ1) is 8.58. The summed E-state index contributed by atoms with van der Waals surface area (Å²) in [6.45, 7) is 4.59. The van der Waals surface area contributed by atoms with Crippen molar-refractivity contribution in [2.45, 2.75) is 38.8 Å².